The number of carbonyl (C=O) groups excluding carboxylic acids is 1. The summed E-state index contributed by atoms with van der Waals surface area (Å²) in [6.07, 6.45) is 0.742. The first-order chi connectivity index (χ1) is 8.99. The van der Waals surface area contributed by atoms with Crippen LogP contribution in [0.5, 0.6) is 0 Å². The van der Waals surface area contributed by atoms with Crippen LogP contribution in [0.1, 0.15) is 19.4 Å². The number of rotatable bonds is 2. The lowest BCUT2D eigenvalue weighted by Crippen LogP contribution is -2.67. The second-order valence-electron chi connectivity index (χ2n) is 6.01. The van der Waals surface area contributed by atoms with Crippen LogP contribution in [0.4, 0.5) is 5.69 Å². The van der Waals surface area contributed by atoms with Crippen molar-refractivity contribution in [3.63, 3.8) is 0 Å². The molecule has 0 spiro atoms. The highest BCUT2D eigenvalue weighted by molar-refractivity contribution is 5.88. The predicted molar refractivity (Wildman–Crippen MR) is 73.9 cm³/mol. The van der Waals surface area contributed by atoms with Crippen LogP contribution in [0.2, 0.25) is 0 Å². The maximum absolute atomic E-state index is 12.4. The summed E-state index contributed by atoms with van der Waals surface area (Å²) in [6, 6.07) is 7.85. The molecule has 4 heteroatoms. The van der Waals surface area contributed by atoms with Crippen molar-refractivity contribution in [3.8, 4) is 0 Å². The van der Waals surface area contributed by atoms with Crippen LogP contribution in [-0.2, 0) is 11.2 Å². The van der Waals surface area contributed by atoms with E-state index in [4.69, 9.17) is 0 Å². The lowest BCUT2D eigenvalue weighted by molar-refractivity contribution is -0.164. The third-order valence-corrected chi connectivity index (χ3v) is 4.38. The van der Waals surface area contributed by atoms with Gasteiger partial charge in [0.2, 0.25) is 5.91 Å². The summed E-state index contributed by atoms with van der Waals surface area (Å²) in [5.74, 6) is 0.284. The number of para-hydroxylation sites is 1. The van der Waals surface area contributed by atoms with Crippen LogP contribution in [0.3, 0.4) is 0 Å². The van der Waals surface area contributed by atoms with Gasteiger partial charge in [0.25, 0.3) is 0 Å². The summed E-state index contributed by atoms with van der Waals surface area (Å²) >= 11 is 0. The predicted octanol–water partition coefficient (Wildman–Crippen LogP) is 1.25. The number of aliphatic hydroxyl groups is 1. The van der Waals surface area contributed by atoms with Crippen LogP contribution in [0.15, 0.2) is 24.3 Å². The number of amides is 1. The van der Waals surface area contributed by atoms with Gasteiger partial charge in [0, 0.05) is 12.1 Å². The molecule has 19 heavy (non-hydrogen) atoms. The monoisotopic (exact) mass is 260 g/mol. The van der Waals surface area contributed by atoms with Gasteiger partial charge in [0.05, 0.1) is 13.1 Å². The maximum atomic E-state index is 12.4. The largest absolute Gasteiger partial charge is 0.386 e. The summed E-state index contributed by atoms with van der Waals surface area (Å²) in [6.45, 7) is 4.90. The van der Waals surface area contributed by atoms with Crippen LogP contribution >= 0.6 is 0 Å². The van der Waals surface area contributed by atoms with E-state index in [1.807, 2.05) is 32.0 Å². The Bertz CT molecular complexity index is 482. The molecule has 2 aliphatic rings. The van der Waals surface area contributed by atoms with Crippen LogP contribution in [0, 0.1) is 5.92 Å². The third-order valence-electron chi connectivity index (χ3n) is 4.38. The molecular formula is C15H20N2O2. The van der Waals surface area contributed by atoms with Gasteiger partial charge < -0.3 is 15.3 Å². The van der Waals surface area contributed by atoms with E-state index in [9.17, 15) is 9.90 Å². The molecular weight excluding hydrogens is 240 g/mol. The zero-order chi connectivity index (χ0) is 13.6. The average molecular weight is 260 g/mol. The molecule has 0 aromatic heterocycles. The first-order valence-electron chi connectivity index (χ1n) is 6.85. The highest BCUT2D eigenvalue weighted by Gasteiger charge is 2.47. The Morgan fingerprint density at radius 3 is 2.74 bits per heavy atom. The minimum Gasteiger partial charge on any atom is -0.386 e. The Morgan fingerprint density at radius 2 is 2.11 bits per heavy atom. The molecule has 2 N–H and O–H groups in total. The molecule has 1 amide bonds. The normalized spacial score (nSPS) is 23.8. The smallest absolute Gasteiger partial charge is 0.245 e. The Kier molecular flexibility index (Phi) is 2.78. The minimum absolute atomic E-state index is 0.0986. The summed E-state index contributed by atoms with van der Waals surface area (Å²) < 4.78 is 0. The molecule has 2 aliphatic heterocycles. The van der Waals surface area contributed by atoms with Crippen molar-refractivity contribution in [2.24, 2.45) is 5.92 Å². The first kappa shape index (κ1) is 12.5. The van der Waals surface area contributed by atoms with Gasteiger partial charge in [0.15, 0.2) is 0 Å². The fourth-order valence-electron chi connectivity index (χ4n) is 2.80. The van der Waals surface area contributed by atoms with Crippen molar-refractivity contribution in [1.29, 1.82) is 0 Å². The summed E-state index contributed by atoms with van der Waals surface area (Å²) in [5, 5.41) is 13.5. The number of nitrogens with one attached hydrogen (secondary N) is 1. The summed E-state index contributed by atoms with van der Waals surface area (Å²) in [4.78, 5) is 14.1. The number of hydrogen-bond donors (Lipinski definition) is 2. The molecule has 3 rings (SSSR count). The van der Waals surface area contributed by atoms with Crippen molar-refractivity contribution in [1.82, 2.24) is 4.90 Å². The average Bonchev–Trinajstić information content (AvgIpc) is 2.77. The minimum atomic E-state index is -0.693. The second kappa shape index (κ2) is 4.23. The zero-order valence-corrected chi connectivity index (χ0v) is 11.4. The van der Waals surface area contributed by atoms with Gasteiger partial charge in [-0.15, -0.1) is 0 Å². The zero-order valence-electron chi connectivity index (χ0n) is 11.4. The van der Waals surface area contributed by atoms with E-state index in [0.717, 1.165) is 12.1 Å². The van der Waals surface area contributed by atoms with Gasteiger partial charge in [0.1, 0.15) is 11.6 Å². The van der Waals surface area contributed by atoms with Crippen LogP contribution < -0.4 is 5.32 Å². The molecule has 0 aliphatic carbocycles. The summed E-state index contributed by atoms with van der Waals surface area (Å²) in [7, 11) is 0. The SMILES string of the molecule is CC(C)C1(O)CN(C(=O)C2Cc3ccccc3N2)C1. The molecule has 1 atom stereocenters. The number of carbonyl (C=O) groups is 1. The molecule has 4 nitrogen and oxygen atoms in total. The Balaban J connectivity index is 1.63. The highest BCUT2D eigenvalue weighted by atomic mass is 16.3. The Hall–Kier alpha value is -1.55. The molecule has 0 bridgehead atoms. The van der Waals surface area contributed by atoms with E-state index in [-0.39, 0.29) is 17.9 Å². The number of benzene rings is 1. The lowest BCUT2D eigenvalue weighted by atomic mass is 9.82. The number of nitrogens with zero attached hydrogens (tertiary/aromatic N) is 1. The number of β-amino-alcohol motifs (C(OH)–C–C–N with tert-alkyl or cyclic N) is 1. The number of likely N-dealkylation sites (tertiary alicyclic amines) is 1. The molecule has 0 saturated carbocycles. The molecule has 0 radical (unpaired) electrons. The van der Waals surface area contributed by atoms with Crippen molar-refractivity contribution in [2.75, 3.05) is 18.4 Å². The van der Waals surface area contributed by atoms with Crippen LogP contribution in [0.25, 0.3) is 0 Å². The maximum Gasteiger partial charge on any atom is 0.245 e. The Morgan fingerprint density at radius 1 is 1.42 bits per heavy atom. The highest BCUT2D eigenvalue weighted by Crippen LogP contribution is 2.32. The second-order valence-corrected chi connectivity index (χ2v) is 6.01. The molecule has 1 fully saturated rings. The Labute approximate surface area is 113 Å². The number of anilines is 1. The third kappa shape index (κ3) is 2.00. The molecule has 1 saturated heterocycles. The van der Waals surface area contributed by atoms with E-state index in [1.54, 1.807) is 4.90 Å². The van der Waals surface area contributed by atoms with E-state index >= 15 is 0 Å². The topological polar surface area (TPSA) is 52.6 Å². The molecule has 2 heterocycles. The fourth-order valence-corrected chi connectivity index (χ4v) is 2.80. The van der Waals surface area contributed by atoms with Gasteiger partial charge in [-0.1, -0.05) is 32.0 Å². The molecule has 1 aromatic rings. The van der Waals surface area contributed by atoms with Gasteiger partial charge in [-0.2, -0.15) is 0 Å². The lowest BCUT2D eigenvalue weighted by Gasteiger charge is -2.49. The van der Waals surface area contributed by atoms with Gasteiger partial charge in [-0.25, -0.2) is 0 Å². The van der Waals surface area contributed by atoms with E-state index in [1.165, 1.54) is 5.56 Å². The van der Waals surface area contributed by atoms with Gasteiger partial charge in [-0.3, -0.25) is 4.79 Å². The van der Waals surface area contributed by atoms with E-state index < -0.39 is 5.60 Å². The fraction of sp³-hybridized carbons (Fsp3) is 0.533. The molecule has 1 aromatic carbocycles. The standard InChI is InChI=1S/C15H20N2O2/c1-10(2)15(19)8-17(9-15)14(18)13-7-11-5-3-4-6-12(11)16-13/h3-6,10,13,16,19H,7-9H2,1-2H3. The summed E-state index contributed by atoms with van der Waals surface area (Å²) in [5.41, 5.74) is 1.56. The number of fused-ring (bicyclic) bond motifs is 1. The molecule has 102 valence electrons. The van der Waals surface area contributed by atoms with E-state index in [0.29, 0.717) is 13.1 Å². The van der Waals surface area contributed by atoms with Gasteiger partial charge >= 0.3 is 0 Å². The van der Waals surface area contributed by atoms with Crippen LogP contribution in [-0.4, -0.2) is 40.6 Å². The number of hydrogen-bond acceptors (Lipinski definition) is 3. The molecule has 1 unspecified atom stereocenters. The van der Waals surface area contributed by atoms with Crippen molar-refractivity contribution < 1.29 is 9.90 Å². The van der Waals surface area contributed by atoms with E-state index in [2.05, 4.69) is 11.4 Å². The van der Waals surface area contributed by atoms with Crippen molar-refractivity contribution in [2.45, 2.75) is 31.9 Å². The first-order valence-corrected chi connectivity index (χ1v) is 6.85. The van der Waals surface area contributed by atoms with Gasteiger partial charge in [-0.05, 0) is 17.5 Å². The van der Waals surface area contributed by atoms with Crippen molar-refractivity contribution >= 4 is 11.6 Å². The van der Waals surface area contributed by atoms with Crippen molar-refractivity contribution in [3.05, 3.63) is 29.8 Å². The quantitative estimate of drug-likeness (QED) is 0.841.